The zero-order valence-electron chi connectivity index (χ0n) is 11.7. The van der Waals surface area contributed by atoms with Crippen molar-refractivity contribution in [1.82, 2.24) is 9.97 Å². The zero-order valence-corrected chi connectivity index (χ0v) is 14.6. The Morgan fingerprint density at radius 2 is 2.14 bits per heavy atom. The summed E-state index contributed by atoms with van der Waals surface area (Å²) < 4.78 is 6.08. The van der Waals surface area contributed by atoms with Crippen LogP contribution in [0.5, 0.6) is 0 Å². The standard InChI is InChI=1S/C16H12ClIN2O2/c1-2-22-16(21)9-3-6-13-14(7-9)20-15(19-13)11-8-10(18)4-5-12(11)17/h3-8H,2H2,1H3,(H,19,20). The van der Waals surface area contributed by atoms with Crippen molar-refractivity contribution >= 4 is 51.2 Å². The molecule has 0 aliphatic rings. The molecule has 0 amide bonds. The quantitative estimate of drug-likeness (QED) is 0.489. The number of halogens is 2. The molecule has 112 valence electrons. The number of benzene rings is 2. The monoisotopic (exact) mass is 426 g/mol. The van der Waals surface area contributed by atoms with Gasteiger partial charge in [0, 0.05) is 9.13 Å². The van der Waals surface area contributed by atoms with Gasteiger partial charge >= 0.3 is 5.97 Å². The van der Waals surface area contributed by atoms with Gasteiger partial charge < -0.3 is 9.72 Å². The molecule has 4 nitrogen and oxygen atoms in total. The third kappa shape index (κ3) is 2.96. The summed E-state index contributed by atoms with van der Waals surface area (Å²) in [5.41, 5.74) is 2.88. The van der Waals surface area contributed by atoms with Gasteiger partial charge in [-0.1, -0.05) is 11.6 Å². The number of nitrogens with zero attached hydrogens (tertiary/aromatic N) is 1. The fraction of sp³-hybridized carbons (Fsp3) is 0.125. The number of carbonyl (C=O) groups excluding carboxylic acids is 1. The molecule has 3 aromatic rings. The molecule has 22 heavy (non-hydrogen) atoms. The van der Waals surface area contributed by atoms with Crippen LogP contribution in [0.2, 0.25) is 5.02 Å². The van der Waals surface area contributed by atoms with E-state index in [4.69, 9.17) is 16.3 Å². The van der Waals surface area contributed by atoms with E-state index in [1.807, 2.05) is 18.2 Å². The Kier molecular flexibility index (Phi) is 4.35. The molecule has 0 saturated heterocycles. The highest BCUT2D eigenvalue weighted by molar-refractivity contribution is 14.1. The van der Waals surface area contributed by atoms with Crippen LogP contribution >= 0.6 is 34.2 Å². The summed E-state index contributed by atoms with van der Waals surface area (Å²) in [5, 5.41) is 0.630. The van der Waals surface area contributed by atoms with Gasteiger partial charge in [0.2, 0.25) is 0 Å². The maximum atomic E-state index is 11.8. The number of nitrogens with one attached hydrogen (secondary N) is 1. The summed E-state index contributed by atoms with van der Waals surface area (Å²) in [6, 6.07) is 11.0. The zero-order chi connectivity index (χ0) is 15.7. The number of aromatic nitrogens is 2. The average Bonchev–Trinajstić information content (AvgIpc) is 2.92. The molecule has 0 aliphatic carbocycles. The van der Waals surface area contributed by atoms with Crippen molar-refractivity contribution in [2.45, 2.75) is 6.92 Å². The third-order valence-electron chi connectivity index (χ3n) is 3.18. The minimum absolute atomic E-state index is 0.340. The Labute approximate surface area is 146 Å². The second-order valence-electron chi connectivity index (χ2n) is 4.66. The molecular weight excluding hydrogens is 415 g/mol. The van der Waals surface area contributed by atoms with Crippen molar-refractivity contribution in [2.75, 3.05) is 6.61 Å². The Bertz CT molecular complexity index is 860. The van der Waals surface area contributed by atoms with Gasteiger partial charge in [-0.05, 0) is 65.9 Å². The molecule has 1 N–H and O–H groups in total. The van der Waals surface area contributed by atoms with Gasteiger partial charge in [-0.15, -0.1) is 0 Å². The highest BCUT2D eigenvalue weighted by Crippen LogP contribution is 2.29. The highest BCUT2D eigenvalue weighted by Gasteiger charge is 2.12. The van der Waals surface area contributed by atoms with Crippen LogP contribution in [0.1, 0.15) is 17.3 Å². The van der Waals surface area contributed by atoms with E-state index in [0.717, 1.165) is 20.2 Å². The van der Waals surface area contributed by atoms with E-state index < -0.39 is 0 Å². The number of hydrogen-bond acceptors (Lipinski definition) is 3. The Hall–Kier alpha value is -1.60. The SMILES string of the molecule is CCOC(=O)c1ccc2nc(-c3cc(I)ccc3Cl)[nH]c2c1. The van der Waals surface area contributed by atoms with Gasteiger partial charge in [-0.3, -0.25) is 0 Å². The van der Waals surface area contributed by atoms with Crippen molar-refractivity contribution in [3.8, 4) is 11.4 Å². The number of ether oxygens (including phenoxy) is 1. The molecule has 0 radical (unpaired) electrons. The minimum Gasteiger partial charge on any atom is -0.462 e. The molecule has 0 bridgehead atoms. The Morgan fingerprint density at radius 3 is 2.91 bits per heavy atom. The van der Waals surface area contributed by atoms with Crippen LogP contribution < -0.4 is 0 Å². The van der Waals surface area contributed by atoms with Crippen LogP contribution in [0.25, 0.3) is 22.4 Å². The minimum atomic E-state index is -0.340. The third-order valence-corrected chi connectivity index (χ3v) is 4.18. The van der Waals surface area contributed by atoms with E-state index in [9.17, 15) is 4.79 Å². The summed E-state index contributed by atoms with van der Waals surface area (Å²) in [5.74, 6) is 0.340. The van der Waals surface area contributed by atoms with Gasteiger partial charge in [-0.25, -0.2) is 9.78 Å². The normalized spacial score (nSPS) is 10.9. The number of imidazole rings is 1. The molecule has 0 spiro atoms. The molecule has 1 heterocycles. The van der Waals surface area contributed by atoms with Gasteiger partial charge in [0.05, 0.1) is 28.2 Å². The summed E-state index contributed by atoms with van der Waals surface area (Å²) in [6.45, 7) is 2.13. The molecular formula is C16H12ClIN2O2. The van der Waals surface area contributed by atoms with Gasteiger partial charge in [0.25, 0.3) is 0 Å². The summed E-state index contributed by atoms with van der Waals surface area (Å²) >= 11 is 8.47. The largest absolute Gasteiger partial charge is 0.462 e. The van der Waals surface area contributed by atoms with Crippen LogP contribution in [-0.2, 0) is 4.74 Å². The smallest absolute Gasteiger partial charge is 0.338 e. The first-order valence-corrected chi connectivity index (χ1v) is 8.16. The molecule has 2 aromatic carbocycles. The first-order valence-electron chi connectivity index (χ1n) is 6.71. The second kappa shape index (κ2) is 6.26. The molecule has 1 aromatic heterocycles. The van der Waals surface area contributed by atoms with E-state index in [-0.39, 0.29) is 5.97 Å². The lowest BCUT2D eigenvalue weighted by molar-refractivity contribution is 0.0526. The van der Waals surface area contributed by atoms with E-state index in [2.05, 4.69) is 32.6 Å². The molecule has 3 rings (SSSR count). The number of hydrogen-bond donors (Lipinski definition) is 1. The average molecular weight is 427 g/mol. The first-order chi connectivity index (χ1) is 10.6. The van der Waals surface area contributed by atoms with Crippen molar-refractivity contribution in [1.29, 1.82) is 0 Å². The fourth-order valence-electron chi connectivity index (χ4n) is 2.16. The van der Waals surface area contributed by atoms with E-state index in [0.29, 0.717) is 23.0 Å². The van der Waals surface area contributed by atoms with Gasteiger partial charge in [0.15, 0.2) is 0 Å². The van der Waals surface area contributed by atoms with E-state index in [1.165, 1.54) is 0 Å². The van der Waals surface area contributed by atoms with Crippen molar-refractivity contribution in [2.24, 2.45) is 0 Å². The van der Waals surface area contributed by atoms with Crippen molar-refractivity contribution in [3.05, 3.63) is 50.6 Å². The van der Waals surface area contributed by atoms with Crippen LogP contribution in [0.15, 0.2) is 36.4 Å². The topological polar surface area (TPSA) is 55.0 Å². The number of rotatable bonds is 3. The van der Waals surface area contributed by atoms with Crippen molar-refractivity contribution < 1.29 is 9.53 Å². The molecule has 0 saturated carbocycles. The number of aromatic amines is 1. The number of esters is 1. The lowest BCUT2D eigenvalue weighted by Gasteiger charge is -2.01. The van der Waals surface area contributed by atoms with Gasteiger partial charge in [-0.2, -0.15) is 0 Å². The van der Waals surface area contributed by atoms with Gasteiger partial charge in [0.1, 0.15) is 5.82 Å². The molecule has 0 unspecified atom stereocenters. The molecule has 0 aliphatic heterocycles. The fourth-order valence-corrected chi connectivity index (χ4v) is 2.86. The summed E-state index contributed by atoms with van der Waals surface area (Å²) in [6.07, 6.45) is 0. The van der Waals surface area contributed by atoms with Crippen LogP contribution in [-0.4, -0.2) is 22.5 Å². The molecule has 0 fully saturated rings. The predicted octanol–water partition coefficient (Wildman–Crippen LogP) is 4.66. The maximum Gasteiger partial charge on any atom is 0.338 e. The Balaban J connectivity index is 2.06. The Morgan fingerprint density at radius 1 is 1.32 bits per heavy atom. The van der Waals surface area contributed by atoms with Crippen molar-refractivity contribution in [3.63, 3.8) is 0 Å². The van der Waals surface area contributed by atoms with Crippen LogP contribution in [0.4, 0.5) is 0 Å². The second-order valence-corrected chi connectivity index (χ2v) is 6.31. The molecule has 6 heteroatoms. The number of carbonyl (C=O) groups is 1. The number of H-pyrrole nitrogens is 1. The summed E-state index contributed by atoms with van der Waals surface area (Å²) in [7, 11) is 0. The predicted molar refractivity (Wildman–Crippen MR) is 95.2 cm³/mol. The lowest BCUT2D eigenvalue weighted by atomic mass is 10.2. The van der Waals surface area contributed by atoms with Crippen LogP contribution in [0, 0.1) is 3.57 Å². The van der Waals surface area contributed by atoms with E-state index in [1.54, 1.807) is 25.1 Å². The number of fused-ring (bicyclic) bond motifs is 1. The van der Waals surface area contributed by atoms with Crippen LogP contribution in [0.3, 0.4) is 0 Å². The highest BCUT2D eigenvalue weighted by atomic mass is 127. The molecule has 0 atom stereocenters. The maximum absolute atomic E-state index is 11.8. The lowest BCUT2D eigenvalue weighted by Crippen LogP contribution is -2.04. The first kappa shape index (κ1) is 15.3. The van der Waals surface area contributed by atoms with E-state index >= 15 is 0 Å². The summed E-state index contributed by atoms with van der Waals surface area (Å²) in [4.78, 5) is 19.5.